The van der Waals surface area contributed by atoms with E-state index in [2.05, 4.69) is 36.6 Å². The van der Waals surface area contributed by atoms with E-state index in [0.717, 1.165) is 4.47 Å². The van der Waals surface area contributed by atoms with Crippen molar-refractivity contribution in [3.8, 4) is 6.07 Å². The zero-order chi connectivity index (χ0) is 15.5. The minimum absolute atomic E-state index is 0.251. The summed E-state index contributed by atoms with van der Waals surface area (Å²) in [7, 11) is -3.60. The van der Waals surface area contributed by atoms with Crippen LogP contribution in [-0.4, -0.2) is 8.42 Å². The van der Waals surface area contributed by atoms with Gasteiger partial charge in [-0.05, 0) is 45.8 Å². The Morgan fingerprint density at radius 1 is 1.14 bits per heavy atom. The summed E-state index contributed by atoms with van der Waals surface area (Å²) in [6.45, 7) is 0. The molecule has 0 fully saturated rings. The second-order valence-electron chi connectivity index (χ2n) is 4.25. The van der Waals surface area contributed by atoms with Crippen molar-refractivity contribution in [2.75, 3.05) is 4.72 Å². The van der Waals surface area contributed by atoms with Crippen LogP contribution in [0.15, 0.2) is 51.4 Å². The van der Waals surface area contributed by atoms with Crippen LogP contribution in [0.5, 0.6) is 0 Å². The maximum atomic E-state index is 12.2. The van der Waals surface area contributed by atoms with Crippen LogP contribution in [0.4, 0.5) is 5.69 Å². The molecule has 0 aliphatic rings. The largest absolute Gasteiger partial charge is 0.282 e. The number of halogens is 2. The van der Waals surface area contributed by atoms with Gasteiger partial charge in [0.15, 0.2) is 0 Å². The van der Waals surface area contributed by atoms with Gasteiger partial charge in [-0.25, -0.2) is 8.42 Å². The number of rotatable bonds is 4. The molecule has 0 heterocycles. The molecule has 7 heteroatoms. The number of hydrogen-bond acceptors (Lipinski definition) is 3. The lowest BCUT2D eigenvalue weighted by atomic mass is 10.1. The van der Waals surface area contributed by atoms with Gasteiger partial charge in [-0.15, -0.1) is 0 Å². The van der Waals surface area contributed by atoms with E-state index in [1.807, 2.05) is 6.07 Å². The molecular weight excluding hydrogens is 420 g/mol. The SMILES string of the molecule is N#Cc1ccccc1CS(=O)(=O)Nc1ccc(Br)cc1Br. The number of nitrogens with one attached hydrogen (secondary N) is 1. The van der Waals surface area contributed by atoms with Crippen molar-refractivity contribution in [1.82, 2.24) is 0 Å². The monoisotopic (exact) mass is 428 g/mol. The first kappa shape index (κ1) is 16.0. The van der Waals surface area contributed by atoms with E-state index < -0.39 is 10.0 Å². The van der Waals surface area contributed by atoms with Crippen LogP contribution in [-0.2, 0) is 15.8 Å². The van der Waals surface area contributed by atoms with Crippen molar-refractivity contribution < 1.29 is 8.42 Å². The van der Waals surface area contributed by atoms with Crippen molar-refractivity contribution in [2.24, 2.45) is 0 Å². The molecule has 0 bridgehead atoms. The third-order valence-corrected chi connectivity index (χ3v) is 5.05. The molecular formula is C14H10Br2N2O2S. The lowest BCUT2D eigenvalue weighted by molar-refractivity contribution is 0.600. The van der Waals surface area contributed by atoms with Gasteiger partial charge in [0.1, 0.15) is 0 Å². The quantitative estimate of drug-likeness (QED) is 0.797. The maximum absolute atomic E-state index is 12.2. The summed E-state index contributed by atoms with van der Waals surface area (Å²) in [6.07, 6.45) is 0. The fraction of sp³-hybridized carbons (Fsp3) is 0.0714. The molecule has 0 atom stereocenters. The molecule has 0 saturated heterocycles. The smallest absolute Gasteiger partial charge is 0.236 e. The van der Waals surface area contributed by atoms with Crippen LogP contribution in [0.2, 0.25) is 0 Å². The Bertz CT molecular complexity index is 814. The van der Waals surface area contributed by atoms with E-state index >= 15 is 0 Å². The Morgan fingerprint density at radius 3 is 2.52 bits per heavy atom. The number of hydrogen-bond donors (Lipinski definition) is 1. The zero-order valence-corrected chi connectivity index (χ0v) is 14.7. The first-order valence-electron chi connectivity index (χ1n) is 5.85. The molecule has 0 spiro atoms. The summed E-state index contributed by atoms with van der Waals surface area (Å²) in [6, 6.07) is 13.8. The summed E-state index contributed by atoms with van der Waals surface area (Å²) in [5, 5.41) is 9.00. The molecule has 4 nitrogen and oxygen atoms in total. The van der Waals surface area contributed by atoms with Gasteiger partial charge >= 0.3 is 0 Å². The summed E-state index contributed by atoms with van der Waals surface area (Å²) < 4.78 is 28.4. The van der Waals surface area contributed by atoms with Gasteiger partial charge < -0.3 is 0 Å². The number of nitrogens with zero attached hydrogens (tertiary/aromatic N) is 1. The van der Waals surface area contributed by atoms with Gasteiger partial charge in [-0.1, -0.05) is 34.1 Å². The van der Waals surface area contributed by atoms with Gasteiger partial charge in [-0.3, -0.25) is 4.72 Å². The second kappa shape index (κ2) is 6.60. The van der Waals surface area contributed by atoms with Crippen molar-refractivity contribution >= 4 is 47.6 Å². The van der Waals surface area contributed by atoms with Gasteiger partial charge in [-0.2, -0.15) is 5.26 Å². The highest BCUT2D eigenvalue weighted by molar-refractivity contribution is 9.11. The summed E-state index contributed by atoms with van der Waals surface area (Å²) >= 11 is 6.61. The van der Waals surface area contributed by atoms with Crippen molar-refractivity contribution in [2.45, 2.75) is 5.75 Å². The van der Waals surface area contributed by atoms with Gasteiger partial charge in [0.2, 0.25) is 10.0 Å². The number of benzene rings is 2. The Kier molecular flexibility index (Phi) is 5.04. The van der Waals surface area contributed by atoms with E-state index in [4.69, 9.17) is 5.26 Å². The molecule has 21 heavy (non-hydrogen) atoms. The normalized spacial score (nSPS) is 10.9. The van der Waals surface area contributed by atoms with Crippen LogP contribution in [0.25, 0.3) is 0 Å². The van der Waals surface area contributed by atoms with Crippen molar-refractivity contribution in [3.63, 3.8) is 0 Å². The molecule has 1 N–H and O–H groups in total. The predicted molar refractivity (Wildman–Crippen MR) is 89.2 cm³/mol. The highest BCUT2D eigenvalue weighted by Gasteiger charge is 2.15. The Balaban J connectivity index is 2.25. The lowest BCUT2D eigenvalue weighted by Crippen LogP contribution is -2.16. The lowest BCUT2D eigenvalue weighted by Gasteiger charge is -2.10. The minimum atomic E-state index is -3.60. The van der Waals surface area contributed by atoms with Crippen molar-refractivity contribution in [1.29, 1.82) is 5.26 Å². The molecule has 0 saturated carbocycles. The highest BCUT2D eigenvalue weighted by Crippen LogP contribution is 2.27. The standard InChI is InChI=1S/C14H10Br2N2O2S/c15-12-5-6-14(13(16)7-12)18-21(19,20)9-11-4-2-1-3-10(11)8-17/h1-7,18H,9H2. The van der Waals surface area contributed by atoms with Crippen LogP contribution in [0.1, 0.15) is 11.1 Å². The average Bonchev–Trinajstić information content (AvgIpc) is 2.42. The molecule has 0 unspecified atom stereocenters. The summed E-state index contributed by atoms with van der Waals surface area (Å²) in [5.41, 5.74) is 1.28. The number of sulfonamides is 1. The topological polar surface area (TPSA) is 70.0 Å². The minimum Gasteiger partial charge on any atom is -0.282 e. The molecule has 0 radical (unpaired) electrons. The fourth-order valence-electron chi connectivity index (χ4n) is 1.74. The van der Waals surface area contributed by atoms with E-state index in [-0.39, 0.29) is 5.75 Å². The summed E-state index contributed by atoms with van der Waals surface area (Å²) in [4.78, 5) is 0. The maximum Gasteiger partial charge on any atom is 0.236 e. The molecule has 0 amide bonds. The van der Waals surface area contributed by atoms with Crippen LogP contribution >= 0.6 is 31.9 Å². The van der Waals surface area contributed by atoms with E-state index in [1.54, 1.807) is 42.5 Å². The van der Waals surface area contributed by atoms with Crippen LogP contribution in [0, 0.1) is 11.3 Å². The molecule has 2 rings (SSSR count). The molecule has 108 valence electrons. The fourth-order valence-corrected chi connectivity index (χ4v) is 4.26. The Hall–Kier alpha value is -1.36. The van der Waals surface area contributed by atoms with E-state index in [1.165, 1.54) is 0 Å². The third-order valence-electron chi connectivity index (χ3n) is 2.68. The van der Waals surface area contributed by atoms with Crippen molar-refractivity contribution in [3.05, 3.63) is 62.5 Å². The number of nitriles is 1. The summed E-state index contributed by atoms with van der Waals surface area (Å²) in [5.74, 6) is -0.251. The molecule has 2 aromatic carbocycles. The zero-order valence-electron chi connectivity index (χ0n) is 10.7. The number of anilines is 1. The first-order chi connectivity index (χ1) is 9.91. The molecule has 0 aliphatic carbocycles. The third kappa shape index (κ3) is 4.30. The predicted octanol–water partition coefficient (Wildman–Crippen LogP) is 4.03. The van der Waals surface area contributed by atoms with Gasteiger partial charge in [0, 0.05) is 8.95 Å². The second-order valence-corrected chi connectivity index (χ2v) is 7.75. The van der Waals surface area contributed by atoms with Crippen LogP contribution in [0.3, 0.4) is 0 Å². The van der Waals surface area contributed by atoms with Gasteiger partial charge in [0.25, 0.3) is 0 Å². The average molecular weight is 430 g/mol. The Morgan fingerprint density at radius 2 is 1.86 bits per heavy atom. The molecule has 2 aromatic rings. The highest BCUT2D eigenvalue weighted by atomic mass is 79.9. The molecule has 0 aromatic heterocycles. The van der Waals surface area contributed by atoms with Crippen LogP contribution < -0.4 is 4.72 Å². The van der Waals surface area contributed by atoms with Gasteiger partial charge in [0.05, 0.1) is 23.1 Å². The van der Waals surface area contributed by atoms with E-state index in [0.29, 0.717) is 21.3 Å². The first-order valence-corrected chi connectivity index (χ1v) is 9.08. The van der Waals surface area contributed by atoms with E-state index in [9.17, 15) is 8.42 Å². The Labute approximate surface area is 140 Å². The molecule has 0 aliphatic heterocycles.